The second-order valence-electron chi connectivity index (χ2n) is 5.61. The van der Waals surface area contributed by atoms with Crippen LogP contribution in [0.5, 0.6) is 0 Å². The highest BCUT2D eigenvalue weighted by atomic mass is 16.6. The molecular weight excluding hydrogens is 324 g/mol. The average molecular weight is 342 g/mol. The Bertz CT molecular complexity index is 732. The third kappa shape index (κ3) is 2.82. The molecule has 1 aromatic heterocycles. The number of carbonyl (C=O) groups excluding carboxylic acids is 1. The van der Waals surface area contributed by atoms with Gasteiger partial charge >= 0.3 is 11.7 Å². The number of amides is 2. The standard InChI is InChI=1S/C13H18N4O7/c1-22-5-4-23-10-8(19)11(17-3-2-6(18)15-13(17)21)24-9(10)7(5)16-12(14)20/h2-3,5,7-11,19H,4H2,1H3,(H3,14,16,20)(H,15,18,21)/t5-,7-,8-,9-,10+,11-/m1/s1. The van der Waals surface area contributed by atoms with E-state index in [4.69, 9.17) is 19.9 Å². The first-order valence-electron chi connectivity index (χ1n) is 7.27. The van der Waals surface area contributed by atoms with Crippen LogP contribution >= 0.6 is 0 Å². The highest BCUT2D eigenvalue weighted by Gasteiger charge is 2.54. The highest BCUT2D eigenvalue weighted by Crippen LogP contribution is 2.36. The second-order valence-corrected chi connectivity index (χ2v) is 5.61. The van der Waals surface area contributed by atoms with Crippen LogP contribution in [0.2, 0.25) is 0 Å². The summed E-state index contributed by atoms with van der Waals surface area (Å²) in [5.74, 6) is 0. The van der Waals surface area contributed by atoms with Crippen LogP contribution in [0.25, 0.3) is 0 Å². The molecule has 5 N–H and O–H groups in total. The van der Waals surface area contributed by atoms with Crippen molar-refractivity contribution in [1.82, 2.24) is 14.9 Å². The quantitative estimate of drug-likeness (QED) is 0.463. The van der Waals surface area contributed by atoms with Gasteiger partial charge in [0.25, 0.3) is 5.56 Å². The summed E-state index contributed by atoms with van der Waals surface area (Å²) in [7, 11) is 1.44. The lowest BCUT2D eigenvalue weighted by Crippen LogP contribution is -2.62. The number of aliphatic hydroxyl groups excluding tert-OH is 1. The number of aliphatic hydroxyl groups is 1. The molecule has 0 bridgehead atoms. The van der Waals surface area contributed by atoms with Gasteiger partial charge in [0.15, 0.2) is 6.23 Å². The van der Waals surface area contributed by atoms with Crippen LogP contribution in [0.15, 0.2) is 21.9 Å². The van der Waals surface area contributed by atoms with Crippen molar-refractivity contribution in [2.45, 2.75) is 36.7 Å². The molecule has 2 saturated heterocycles. The number of rotatable bonds is 3. The molecule has 6 atom stereocenters. The minimum absolute atomic E-state index is 0.107. The van der Waals surface area contributed by atoms with E-state index in [1.54, 1.807) is 0 Å². The van der Waals surface area contributed by atoms with Gasteiger partial charge in [-0.15, -0.1) is 0 Å². The van der Waals surface area contributed by atoms with Gasteiger partial charge in [-0.25, -0.2) is 9.59 Å². The van der Waals surface area contributed by atoms with Crippen molar-refractivity contribution in [2.75, 3.05) is 13.7 Å². The number of aromatic amines is 1. The third-order valence-corrected chi connectivity index (χ3v) is 4.19. The first-order valence-corrected chi connectivity index (χ1v) is 7.27. The summed E-state index contributed by atoms with van der Waals surface area (Å²) >= 11 is 0. The number of hydrogen-bond acceptors (Lipinski definition) is 7. The van der Waals surface area contributed by atoms with E-state index >= 15 is 0 Å². The first kappa shape index (κ1) is 16.6. The van der Waals surface area contributed by atoms with Crippen molar-refractivity contribution >= 4 is 6.03 Å². The number of nitrogens with zero attached hydrogens (tertiary/aromatic N) is 1. The Balaban J connectivity index is 1.91. The molecule has 2 fully saturated rings. The predicted molar refractivity (Wildman–Crippen MR) is 78.3 cm³/mol. The van der Waals surface area contributed by atoms with Crippen LogP contribution < -0.4 is 22.3 Å². The number of H-pyrrole nitrogens is 1. The summed E-state index contributed by atoms with van der Waals surface area (Å²) in [6.07, 6.45) is -3.16. The molecule has 3 heterocycles. The van der Waals surface area contributed by atoms with Crippen LogP contribution in [0, 0.1) is 0 Å². The van der Waals surface area contributed by atoms with E-state index in [1.807, 2.05) is 0 Å². The van der Waals surface area contributed by atoms with E-state index in [9.17, 15) is 19.5 Å². The maximum atomic E-state index is 11.9. The summed E-state index contributed by atoms with van der Waals surface area (Å²) in [5.41, 5.74) is 3.89. The topological polar surface area (TPSA) is 158 Å². The van der Waals surface area contributed by atoms with E-state index in [0.717, 1.165) is 10.6 Å². The van der Waals surface area contributed by atoms with E-state index < -0.39 is 54.0 Å². The summed E-state index contributed by atoms with van der Waals surface area (Å²) < 4.78 is 17.6. The molecule has 24 heavy (non-hydrogen) atoms. The molecular formula is C13H18N4O7. The number of ether oxygens (including phenoxy) is 3. The van der Waals surface area contributed by atoms with Gasteiger partial charge in [-0.3, -0.25) is 14.3 Å². The number of urea groups is 1. The largest absolute Gasteiger partial charge is 0.386 e. The molecule has 11 heteroatoms. The van der Waals surface area contributed by atoms with Gasteiger partial charge in [-0.05, 0) is 0 Å². The van der Waals surface area contributed by atoms with Crippen LogP contribution in [-0.4, -0.2) is 64.9 Å². The van der Waals surface area contributed by atoms with Gasteiger partial charge in [0.1, 0.15) is 24.4 Å². The zero-order valence-corrected chi connectivity index (χ0v) is 12.7. The van der Waals surface area contributed by atoms with Crippen molar-refractivity contribution in [3.8, 4) is 0 Å². The lowest BCUT2D eigenvalue weighted by atomic mass is 9.95. The van der Waals surface area contributed by atoms with Crippen molar-refractivity contribution in [1.29, 1.82) is 0 Å². The number of fused-ring (bicyclic) bond motifs is 1. The van der Waals surface area contributed by atoms with Crippen LogP contribution in [0.1, 0.15) is 6.23 Å². The Morgan fingerprint density at radius 2 is 2.25 bits per heavy atom. The molecule has 132 valence electrons. The molecule has 0 aliphatic carbocycles. The van der Waals surface area contributed by atoms with E-state index in [1.165, 1.54) is 13.3 Å². The maximum Gasteiger partial charge on any atom is 0.330 e. The molecule has 0 aromatic carbocycles. The van der Waals surface area contributed by atoms with E-state index in [0.29, 0.717) is 0 Å². The van der Waals surface area contributed by atoms with Crippen molar-refractivity contribution in [3.63, 3.8) is 0 Å². The SMILES string of the molecule is CO[C@@H]1CO[C@H]2[C@@H](O)[C@H](n3ccc(=O)[nH]c3=O)O[C@@H]2[C@@H]1NC(N)=O. The minimum atomic E-state index is -1.19. The molecule has 0 radical (unpaired) electrons. The fourth-order valence-corrected chi connectivity index (χ4v) is 3.09. The van der Waals surface area contributed by atoms with Crippen molar-refractivity contribution in [2.24, 2.45) is 5.73 Å². The molecule has 0 spiro atoms. The molecule has 2 aliphatic heterocycles. The molecule has 1 aromatic rings. The number of nitrogens with two attached hydrogens (primary N) is 1. The van der Waals surface area contributed by atoms with E-state index in [2.05, 4.69) is 10.3 Å². The van der Waals surface area contributed by atoms with Crippen molar-refractivity contribution < 1.29 is 24.1 Å². The predicted octanol–water partition coefficient (Wildman–Crippen LogP) is -2.75. The monoisotopic (exact) mass is 342 g/mol. The van der Waals surface area contributed by atoms with Gasteiger partial charge in [-0.2, -0.15) is 0 Å². The molecule has 3 rings (SSSR count). The maximum absolute atomic E-state index is 11.9. The minimum Gasteiger partial charge on any atom is -0.386 e. The van der Waals surface area contributed by atoms with Crippen molar-refractivity contribution in [3.05, 3.63) is 33.1 Å². The number of aromatic nitrogens is 2. The van der Waals surface area contributed by atoms with Crippen LogP contribution in [0.3, 0.4) is 0 Å². The van der Waals surface area contributed by atoms with Crippen LogP contribution in [-0.2, 0) is 14.2 Å². The lowest BCUT2D eigenvalue weighted by molar-refractivity contribution is -0.145. The molecule has 2 aliphatic rings. The summed E-state index contributed by atoms with van der Waals surface area (Å²) in [4.78, 5) is 36.4. The van der Waals surface area contributed by atoms with Gasteiger partial charge in [0.2, 0.25) is 0 Å². The zero-order valence-electron chi connectivity index (χ0n) is 12.7. The van der Waals surface area contributed by atoms with Crippen LogP contribution in [0.4, 0.5) is 4.79 Å². The fourth-order valence-electron chi connectivity index (χ4n) is 3.09. The Morgan fingerprint density at radius 3 is 2.88 bits per heavy atom. The molecule has 0 saturated carbocycles. The number of methoxy groups -OCH3 is 1. The second kappa shape index (κ2) is 6.36. The van der Waals surface area contributed by atoms with Gasteiger partial charge in [-0.1, -0.05) is 0 Å². The highest BCUT2D eigenvalue weighted by molar-refractivity contribution is 5.72. The number of nitrogens with one attached hydrogen (secondary N) is 2. The van der Waals surface area contributed by atoms with E-state index in [-0.39, 0.29) is 6.61 Å². The van der Waals surface area contributed by atoms with Gasteiger partial charge in [0, 0.05) is 19.4 Å². The zero-order chi connectivity index (χ0) is 17.4. The smallest absolute Gasteiger partial charge is 0.330 e. The lowest BCUT2D eigenvalue weighted by Gasteiger charge is -2.38. The summed E-state index contributed by atoms with van der Waals surface area (Å²) in [6, 6.07) is -0.299. The fraction of sp³-hybridized carbons (Fsp3) is 0.615. The molecule has 2 amide bonds. The number of carbonyl (C=O) groups is 1. The van der Waals surface area contributed by atoms with Gasteiger partial charge in [0.05, 0.1) is 12.6 Å². The Morgan fingerprint density at radius 1 is 1.50 bits per heavy atom. The molecule has 0 unspecified atom stereocenters. The number of hydrogen-bond donors (Lipinski definition) is 4. The normalized spacial score (nSPS) is 35.4. The summed E-state index contributed by atoms with van der Waals surface area (Å²) in [6.45, 7) is 0.107. The molecule has 11 nitrogen and oxygen atoms in total. The number of primary amides is 1. The Hall–Kier alpha value is -2.21. The summed E-state index contributed by atoms with van der Waals surface area (Å²) in [5, 5.41) is 13.0. The Kier molecular flexibility index (Phi) is 4.41. The first-order chi connectivity index (χ1) is 11.4. The Labute approximate surface area is 135 Å². The average Bonchev–Trinajstić information content (AvgIpc) is 2.85. The van der Waals surface area contributed by atoms with Gasteiger partial charge < -0.3 is 30.4 Å². The third-order valence-electron chi connectivity index (χ3n) is 4.19.